The maximum Gasteiger partial charge on any atom is 0.371 e. The Morgan fingerprint density at radius 3 is 2.58 bits per heavy atom. The second-order valence-electron chi connectivity index (χ2n) is 3.66. The van der Waals surface area contributed by atoms with Gasteiger partial charge in [-0.3, -0.25) is 0 Å². The fourth-order valence-corrected chi connectivity index (χ4v) is 1.55. The minimum Gasteiger partial charge on any atom is -0.497 e. The highest BCUT2D eigenvalue weighted by molar-refractivity contribution is 5.85. The molecule has 0 saturated carbocycles. The highest BCUT2D eigenvalue weighted by Crippen LogP contribution is 2.31. The van der Waals surface area contributed by atoms with Crippen molar-refractivity contribution >= 4 is 17.5 Å². The molecular weight excluding hydrogens is 250 g/mol. The number of ether oxygens (including phenoxy) is 2. The van der Waals surface area contributed by atoms with Crippen LogP contribution >= 0.6 is 0 Å². The smallest absolute Gasteiger partial charge is 0.371 e. The first-order valence-corrected chi connectivity index (χ1v) is 5.46. The molecule has 0 bridgehead atoms. The van der Waals surface area contributed by atoms with Crippen molar-refractivity contribution in [2.75, 3.05) is 19.5 Å². The molecule has 0 aliphatic heterocycles. The third-order valence-electron chi connectivity index (χ3n) is 2.48. The third-order valence-corrected chi connectivity index (χ3v) is 2.48. The van der Waals surface area contributed by atoms with Crippen molar-refractivity contribution in [3.05, 3.63) is 36.1 Å². The molecule has 0 aliphatic carbocycles. The van der Waals surface area contributed by atoms with Crippen molar-refractivity contribution in [1.29, 1.82) is 0 Å². The number of carboxylic acid groups (broad SMARTS) is 1. The van der Waals surface area contributed by atoms with Gasteiger partial charge in [0.2, 0.25) is 5.76 Å². The lowest BCUT2D eigenvalue weighted by molar-refractivity contribution is 0.0663. The monoisotopic (exact) mass is 263 g/mol. The Labute approximate surface area is 109 Å². The van der Waals surface area contributed by atoms with Crippen molar-refractivity contribution in [3.8, 4) is 11.5 Å². The third kappa shape index (κ3) is 2.79. The van der Waals surface area contributed by atoms with E-state index in [4.69, 9.17) is 19.0 Å². The number of hydrogen-bond donors (Lipinski definition) is 2. The lowest BCUT2D eigenvalue weighted by atomic mass is 10.2. The molecule has 2 rings (SSSR count). The Bertz CT molecular complexity index is 590. The first kappa shape index (κ1) is 12.8. The van der Waals surface area contributed by atoms with Gasteiger partial charge in [0.1, 0.15) is 11.5 Å². The summed E-state index contributed by atoms with van der Waals surface area (Å²) in [6, 6.07) is 8.13. The van der Waals surface area contributed by atoms with Crippen LogP contribution in [0, 0.1) is 0 Å². The van der Waals surface area contributed by atoms with Gasteiger partial charge in [-0.2, -0.15) is 0 Å². The van der Waals surface area contributed by atoms with Crippen LogP contribution in [0.4, 0.5) is 11.6 Å². The molecular formula is C13H13NO5. The SMILES string of the molecule is COc1ccc(Nc2ccc(C(=O)O)o2)c(OC)c1. The van der Waals surface area contributed by atoms with E-state index in [0.717, 1.165) is 0 Å². The van der Waals surface area contributed by atoms with E-state index in [2.05, 4.69) is 5.32 Å². The molecule has 0 unspecified atom stereocenters. The lowest BCUT2D eigenvalue weighted by Crippen LogP contribution is -1.95. The molecule has 0 atom stereocenters. The minimum atomic E-state index is -1.12. The Balaban J connectivity index is 2.24. The maximum atomic E-state index is 10.7. The summed E-state index contributed by atoms with van der Waals surface area (Å²) in [5.41, 5.74) is 0.648. The van der Waals surface area contributed by atoms with Crippen molar-refractivity contribution in [2.45, 2.75) is 0 Å². The summed E-state index contributed by atoms with van der Waals surface area (Å²) in [7, 11) is 3.10. The van der Waals surface area contributed by atoms with E-state index >= 15 is 0 Å². The molecule has 0 fully saturated rings. The summed E-state index contributed by atoms with van der Waals surface area (Å²) in [6.45, 7) is 0. The second kappa shape index (κ2) is 5.34. The van der Waals surface area contributed by atoms with Crippen LogP contribution < -0.4 is 14.8 Å². The maximum absolute atomic E-state index is 10.7. The van der Waals surface area contributed by atoms with E-state index in [0.29, 0.717) is 23.1 Å². The molecule has 2 N–H and O–H groups in total. The van der Waals surface area contributed by atoms with E-state index in [9.17, 15) is 4.79 Å². The van der Waals surface area contributed by atoms with E-state index in [-0.39, 0.29) is 5.76 Å². The summed E-state index contributed by atoms with van der Waals surface area (Å²) >= 11 is 0. The number of carboxylic acids is 1. The van der Waals surface area contributed by atoms with E-state index in [1.165, 1.54) is 19.2 Å². The first-order chi connectivity index (χ1) is 9.13. The largest absolute Gasteiger partial charge is 0.497 e. The van der Waals surface area contributed by atoms with Crippen LogP contribution in [0.1, 0.15) is 10.6 Å². The van der Waals surface area contributed by atoms with Crippen LogP contribution in [0.5, 0.6) is 11.5 Å². The molecule has 1 aromatic heterocycles. The zero-order valence-electron chi connectivity index (χ0n) is 10.5. The number of methoxy groups -OCH3 is 2. The predicted octanol–water partition coefficient (Wildman–Crippen LogP) is 2.74. The highest BCUT2D eigenvalue weighted by Gasteiger charge is 2.11. The van der Waals surface area contributed by atoms with Gasteiger partial charge in [0.15, 0.2) is 5.88 Å². The number of aromatic carboxylic acids is 1. The van der Waals surface area contributed by atoms with Gasteiger partial charge in [-0.1, -0.05) is 0 Å². The summed E-state index contributed by atoms with van der Waals surface area (Å²) in [5.74, 6) is 0.297. The average molecular weight is 263 g/mol. The molecule has 100 valence electrons. The molecule has 0 radical (unpaired) electrons. The molecule has 0 amide bonds. The molecule has 6 nitrogen and oxygen atoms in total. The Kier molecular flexibility index (Phi) is 3.61. The molecule has 19 heavy (non-hydrogen) atoms. The molecule has 0 saturated heterocycles. The fraction of sp³-hybridized carbons (Fsp3) is 0.154. The predicted molar refractivity (Wildman–Crippen MR) is 68.5 cm³/mol. The number of anilines is 2. The lowest BCUT2D eigenvalue weighted by Gasteiger charge is -2.10. The van der Waals surface area contributed by atoms with Crippen LogP contribution in [-0.4, -0.2) is 25.3 Å². The van der Waals surface area contributed by atoms with Crippen LogP contribution in [0.15, 0.2) is 34.7 Å². The van der Waals surface area contributed by atoms with Crippen molar-refractivity contribution in [3.63, 3.8) is 0 Å². The van der Waals surface area contributed by atoms with Gasteiger partial charge in [-0.05, 0) is 18.2 Å². The summed E-state index contributed by atoms with van der Waals surface area (Å²) in [4.78, 5) is 10.7. The first-order valence-electron chi connectivity index (χ1n) is 5.46. The number of benzene rings is 1. The Morgan fingerprint density at radius 1 is 1.21 bits per heavy atom. The number of furan rings is 1. The topological polar surface area (TPSA) is 80.9 Å². The van der Waals surface area contributed by atoms with E-state index in [1.807, 2.05) is 0 Å². The Hall–Kier alpha value is -2.63. The summed E-state index contributed by atoms with van der Waals surface area (Å²) in [6.07, 6.45) is 0. The van der Waals surface area contributed by atoms with Gasteiger partial charge in [0, 0.05) is 12.1 Å². The molecule has 2 aromatic rings. The van der Waals surface area contributed by atoms with Crippen molar-refractivity contribution in [2.24, 2.45) is 0 Å². The number of nitrogens with one attached hydrogen (secondary N) is 1. The van der Waals surface area contributed by atoms with Gasteiger partial charge >= 0.3 is 5.97 Å². The molecule has 0 aliphatic rings. The zero-order valence-corrected chi connectivity index (χ0v) is 10.5. The fourth-order valence-electron chi connectivity index (χ4n) is 1.55. The summed E-state index contributed by atoms with van der Waals surface area (Å²) < 4.78 is 15.4. The quantitative estimate of drug-likeness (QED) is 0.863. The van der Waals surface area contributed by atoms with Crippen molar-refractivity contribution in [1.82, 2.24) is 0 Å². The van der Waals surface area contributed by atoms with Gasteiger partial charge in [-0.15, -0.1) is 0 Å². The summed E-state index contributed by atoms with van der Waals surface area (Å²) in [5, 5.41) is 11.7. The van der Waals surface area contributed by atoms with Gasteiger partial charge in [0.25, 0.3) is 0 Å². The molecule has 1 heterocycles. The van der Waals surface area contributed by atoms with Crippen LogP contribution in [0.2, 0.25) is 0 Å². The number of rotatable bonds is 5. The van der Waals surface area contributed by atoms with E-state index in [1.54, 1.807) is 25.3 Å². The highest BCUT2D eigenvalue weighted by atomic mass is 16.5. The zero-order chi connectivity index (χ0) is 13.8. The molecule has 6 heteroatoms. The number of hydrogen-bond acceptors (Lipinski definition) is 5. The van der Waals surface area contributed by atoms with Crippen molar-refractivity contribution < 1.29 is 23.8 Å². The standard InChI is InChI=1S/C13H13NO5/c1-17-8-3-4-9(11(7-8)18-2)14-12-6-5-10(19-12)13(15)16/h3-7,14H,1-2H3,(H,15,16). The van der Waals surface area contributed by atoms with Gasteiger partial charge < -0.3 is 24.3 Å². The number of carbonyl (C=O) groups is 1. The van der Waals surface area contributed by atoms with Crippen LogP contribution in [0.25, 0.3) is 0 Å². The van der Waals surface area contributed by atoms with Crippen LogP contribution in [-0.2, 0) is 0 Å². The average Bonchev–Trinajstić information content (AvgIpc) is 2.88. The normalized spacial score (nSPS) is 10.0. The minimum absolute atomic E-state index is 0.130. The second-order valence-corrected chi connectivity index (χ2v) is 3.66. The van der Waals surface area contributed by atoms with Crippen LogP contribution in [0.3, 0.4) is 0 Å². The van der Waals surface area contributed by atoms with E-state index < -0.39 is 5.97 Å². The Morgan fingerprint density at radius 2 is 2.00 bits per heavy atom. The molecule has 0 spiro atoms. The van der Waals surface area contributed by atoms with Gasteiger partial charge in [-0.25, -0.2) is 4.79 Å². The molecule has 1 aromatic carbocycles. The van der Waals surface area contributed by atoms with Gasteiger partial charge in [0.05, 0.1) is 19.9 Å².